The number of guanidine groups is 1. The zero-order valence-corrected chi connectivity index (χ0v) is 15.9. The Balaban J connectivity index is 2.62. The minimum atomic E-state index is -0.654. The van der Waals surface area contributed by atoms with Crippen LogP contribution in [0, 0.1) is 0 Å². The Morgan fingerprint density at radius 2 is 1.65 bits per heavy atom. The van der Waals surface area contributed by atoms with E-state index in [9.17, 15) is 5.11 Å². The van der Waals surface area contributed by atoms with Gasteiger partial charge in [-0.3, -0.25) is 9.89 Å². The molecule has 1 saturated heterocycles. The van der Waals surface area contributed by atoms with Crippen LogP contribution in [0.25, 0.3) is 0 Å². The summed E-state index contributed by atoms with van der Waals surface area (Å²) in [6, 6.07) is 0. The van der Waals surface area contributed by atoms with E-state index in [1.54, 1.807) is 0 Å². The van der Waals surface area contributed by atoms with Crippen molar-refractivity contribution in [3.8, 4) is 0 Å². The third-order valence-corrected chi connectivity index (χ3v) is 5.08. The molecule has 136 valence electrons. The fourth-order valence-corrected chi connectivity index (χ4v) is 2.96. The molecule has 23 heavy (non-hydrogen) atoms. The van der Waals surface area contributed by atoms with E-state index >= 15 is 0 Å². The SMILES string of the molecule is CCNC(=NCC(C)(C)N1CCCCC1)NCC(O)(CC)CC. The molecule has 0 radical (unpaired) electrons. The summed E-state index contributed by atoms with van der Waals surface area (Å²) in [7, 11) is 0. The molecule has 1 fully saturated rings. The lowest BCUT2D eigenvalue weighted by Gasteiger charge is -2.40. The van der Waals surface area contributed by atoms with Gasteiger partial charge in [0.1, 0.15) is 0 Å². The second kappa shape index (κ2) is 9.48. The van der Waals surface area contributed by atoms with Gasteiger partial charge in [-0.1, -0.05) is 20.3 Å². The molecule has 1 aliphatic rings. The molecule has 0 aromatic carbocycles. The van der Waals surface area contributed by atoms with Gasteiger partial charge >= 0.3 is 0 Å². The summed E-state index contributed by atoms with van der Waals surface area (Å²) < 4.78 is 0. The largest absolute Gasteiger partial charge is 0.388 e. The van der Waals surface area contributed by atoms with Gasteiger partial charge in [-0.15, -0.1) is 0 Å². The average Bonchev–Trinajstić information content (AvgIpc) is 2.58. The molecule has 0 atom stereocenters. The predicted octanol–water partition coefficient (Wildman–Crippen LogP) is 2.36. The van der Waals surface area contributed by atoms with Gasteiger partial charge in [-0.25, -0.2) is 0 Å². The van der Waals surface area contributed by atoms with Crippen LogP contribution in [0.5, 0.6) is 0 Å². The van der Waals surface area contributed by atoms with Crippen molar-refractivity contribution < 1.29 is 5.11 Å². The van der Waals surface area contributed by atoms with Crippen molar-refractivity contribution in [2.75, 3.05) is 32.7 Å². The third-order valence-electron chi connectivity index (χ3n) is 5.08. The van der Waals surface area contributed by atoms with E-state index < -0.39 is 5.60 Å². The van der Waals surface area contributed by atoms with Gasteiger partial charge in [-0.2, -0.15) is 0 Å². The monoisotopic (exact) mass is 326 g/mol. The van der Waals surface area contributed by atoms with E-state index in [0.717, 1.165) is 31.9 Å². The highest BCUT2D eigenvalue weighted by Crippen LogP contribution is 2.20. The highest BCUT2D eigenvalue weighted by Gasteiger charge is 2.28. The number of aliphatic hydroxyl groups is 1. The molecule has 5 nitrogen and oxygen atoms in total. The number of piperidine rings is 1. The van der Waals surface area contributed by atoms with E-state index in [-0.39, 0.29) is 5.54 Å². The standard InChI is InChI=1S/C18H38N4O/c1-6-18(23,7-2)15-21-16(19-8-3)20-14-17(4,5)22-12-10-9-11-13-22/h23H,6-15H2,1-5H3,(H2,19,20,21). The molecule has 0 unspecified atom stereocenters. The first kappa shape index (κ1) is 20.2. The van der Waals surface area contributed by atoms with E-state index in [1.165, 1.54) is 32.4 Å². The minimum Gasteiger partial charge on any atom is -0.388 e. The molecule has 0 aromatic heterocycles. The van der Waals surface area contributed by atoms with Crippen LogP contribution < -0.4 is 10.6 Å². The Hall–Kier alpha value is -0.810. The van der Waals surface area contributed by atoms with Gasteiger partial charge in [0.15, 0.2) is 5.96 Å². The zero-order valence-electron chi connectivity index (χ0n) is 15.9. The Morgan fingerprint density at radius 1 is 1.04 bits per heavy atom. The lowest BCUT2D eigenvalue weighted by atomic mass is 9.98. The van der Waals surface area contributed by atoms with Crippen molar-refractivity contribution in [1.82, 2.24) is 15.5 Å². The van der Waals surface area contributed by atoms with Crippen molar-refractivity contribution >= 4 is 5.96 Å². The van der Waals surface area contributed by atoms with E-state index in [4.69, 9.17) is 4.99 Å². The van der Waals surface area contributed by atoms with Crippen molar-refractivity contribution in [2.24, 2.45) is 4.99 Å². The first-order chi connectivity index (χ1) is 10.9. The second-order valence-electron chi connectivity index (χ2n) is 7.34. The van der Waals surface area contributed by atoms with Crippen LogP contribution >= 0.6 is 0 Å². The van der Waals surface area contributed by atoms with Crippen LogP contribution in [0.2, 0.25) is 0 Å². The summed E-state index contributed by atoms with van der Waals surface area (Å²) in [5.41, 5.74) is -0.576. The lowest BCUT2D eigenvalue weighted by molar-refractivity contribution is 0.0367. The summed E-state index contributed by atoms with van der Waals surface area (Å²) in [5, 5.41) is 17.0. The third kappa shape index (κ3) is 6.68. The summed E-state index contributed by atoms with van der Waals surface area (Å²) in [4.78, 5) is 7.33. The van der Waals surface area contributed by atoms with Gasteiger partial charge in [-0.05, 0) is 59.5 Å². The van der Waals surface area contributed by atoms with Crippen LogP contribution in [0.1, 0.15) is 66.7 Å². The summed E-state index contributed by atoms with van der Waals surface area (Å²) in [6.07, 6.45) is 5.44. The minimum absolute atomic E-state index is 0.0780. The van der Waals surface area contributed by atoms with Gasteiger partial charge in [0.25, 0.3) is 0 Å². The zero-order chi connectivity index (χ0) is 17.3. The maximum absolute atomic E-state index is 10.4. The number of nitrogens with zero attached hydrogens (tertiary/aromatic N) is 2. The molecule has 0 amide bonds. The van der Waals surface area contributed by atoms with Crippen LogP contribution in [-0.2, 0) is 0 Å². The maximum atomic E-state index is 10.4. The number of hydrogen-bond acceptors (Lipinski definition) is 3. The van der Waals surface area contributed by atoms with Crippen LogP contribution in [0.3, 0.4) is 0 Å². The van der Waals surface area contributed by atoms with Crippen molar-refractivity contribution in [2.45, 2.75) is 77.9 Å². The molecule has 5 heteroatoms. The van der Waals surface area contributed by atoms with Gasteiger partial charge < -0.3 is 15.7 Å². The first-order valence-corrected chi connectivity index (χ1v) is 9.36. The lowest BCUT2D eigenvalue weighted by Crippen LogP contribution is -2.50. The molecule has 1 heterocycles. The van der Waals surface area contributed by atoms with Crippen molar-refractivity contribution in [3.05, 3.63) is 0 Å². The summed E-state index contributed by atoms with van der Waals surface area (Å²) in [5.74, 6) is 0.804. The van der Waals surface area contributed by atoms with E-state index in [1.807, 2.05) is 13.8 Å². The number of rotatable bonds is 8. The molecule has 0 aromatic rings. The van der Waals surface area contributed by atoms with Gasteiger partial charge in [0.05, 0.1) is 12.1 Å². The van der Waals surface area contributed by atoms with E-state index in [0.29, 0.717) is 6.54 Å². The summed E-state index contributed by atoms with van der Waals surface area (Å²) in [6.45, 7) is 15.2. The Bertz CT molecular complexity index is 358. The fraction of sp³-hybridized carbons (Fsp3) is 0.944. The Morgan fingerprint density at radius 3 is 2.17 bits per heavy atom. The topological polar surface area (TPSA) is 59.9 Å². The molecule has 3 N–H and O–H groups in total. The Labute approximate surface area is 142 Å². The maximum Gasteiger partial charge on any atom is 0.191 e. The van der Waals surface area contributed by atoms with Crippen LogP contribution in [0.15, 0.2) is 4.99 Å². The normalized spacial score (nSPS) is 18.1. The molecule has 1 aliphatic heterocycles. The number of nitrogens with one attached hydrogen (secondary N) is 2. The predicted molar refractivity (Wildman–Crippen MR) is 99.0 cm³/mol. The van der Waals surface area contributed by atoms with Crippen LogP contribution in [-0.4, -0.2) is 59.8 Å². The molecule has 0 saturated carbocycles. The molecule has 1 rings (SSSR count). The molecular weight excluding hydrogens is 288 g/mol. The average molecular weight is 327 g/mol. The van der Waals surface area contributed by atoms with Crippen molar-refractivity contribution in [1.29, 1.82) is 0 Å². The fourth-order valence-electron chi connectivity index (χ4n) is 2.96. The second-order valence-corrected chi connectivity index (χ2v) is 7.34. The quantitative estimate of drug-likeness (QED) is 0.473. The highest BCUT2D eigenvalue weighted by atomic mass is 16.3. The summed E-state index contributed by atoms with van der Waals surface area (Å²) >= 11 is 0. The Kier molecular flexibility index (Phi) is 8.34. The number of aliphatic imine (C=N–C) groups is 1. The number of likely N-dealkylation sites (tertiary alicyclic amines) is 1. The highest BCUT2D eigenvalue weighted by molar-refractivity contribution is 5.79. The number of hydrogen-bond donors (Lipinski definition) is 3. The molecule has 0 aliphatic carbocycles. The van der Waals surface area contributed by atoms with Crippen LogP contribution in [0.4, 0.5) is 0 Å². The molecule has 0 spiro atoms. The molecule has 0 bridgehead atoms. The first-order valence-electron chi connectivity index (χ1n) is 9.36. The van der Waals surface area contributed by atoms with Gasteiger partial charge in [0.2, 0.25) is 0 Å². The van der Waals surface area contributed by atoms with Gasteiger partial charge in [0, 0.05) is 18.6 Å². The smallest absolute Gasteiger partial charge is 0.191 e. The van der Waals surface area contributed by atoms with E-state index in [2.05, 4.69) is 36.3 Å². The molecular formula is C18H38N4O. The van der Waals surface area contributed by atoms with Crippen molar-refractivity contribution in [3.63, 3.8) is 0 Å².